The summed E-state index contributed by atoms with van der Waals surface area (Å²) in [6, 6.07) is 7.14. The summed E-state index contributed by atoms with van der Waals surface area (Å²) >= 11 is 1.00. The predicted molar refractivity (Wildman–Crippen MR) is 128 cm³/mol. The molecule has 2 heterocycles. The van der Waals surface area contributed by atoms with E-state index in [0.717, 1.165) is 22.7 Å². The van der Waals surface area contributed by atoms with E-state index >= 15 is 0 Å². The van der Waals surface area contributed by atoms with Crippen molar-refractivity contribution >= 4 is 31.4 Å². The highest BCUT2D eigenvalue weighted by Crippen LogP contribution is 2.48. The van der Waals surface area contributed by atoms with Gasteiger partial charge in [0, 0.05) is 0 Å². The number of carbonyl (C=O) groups is 1. The van der Waals surface area contributed by atoms with Gasteiger partial charge >= 0.3 is 19.4 Å². The molecule has 0 bridgehead atoms. The van der Waals surface area contributed by atoms with Gasteiger partial charge in [-0.1, -0.05) is 18.2 Å². The Morgan fingerprint density at radius 2 is 1.94 bits per heavy atom. The number of aliphatic hydroxyl groups is 2. The van der Waals surface area contributed by atoms with Crippen LogP contribution in [0.15, 0.2) is 41.5 Å². The molecule has 1 aromatic heterocycles. The van der Waals surface area contributed by atoms with E-state index in [9.17, 15) is 24.4 Å². The largest absolute Gasteiger partial charge is 0.462 e. The third kappa shape index (κ3) is 7.03. The standard InChI is InChI=1S/C20H28N5O8PS/c1-11(2)32-18(28)12(3)24-34(30,33-13-7-5-4-6-8-13)31-9-14-15(26)16(27)17(35-14)25-10-22-19(21)23-20(25)29/h4-8,10-12,14-17,26-27H,9H2,1-3H3,(H,24,30)(H2,21,23,29)/t12-,14+,15-,16-,17+,34?/m0/s1. The Morgan fingerprint density at radius 1 is 1.26 bits per heavy atom. The molecule has 0 radical (unpaired) electrons. The number of aromatic nitrogens is 3. The summed E-state index contributed by atoms with van der Waals surface area (Å²) in [7, 11) is -4.17. The number of benzene rings is 1. The molecule has 0 saturated carbocycles. The average molecular weight is 530 g/mol. The summed E-state index contributed by atoms with van der Waals surface area (Å²) in [5.41, 5.74) is 4.65. The molecule has 0 aliphatic carbocycles. The van der Waals surface area contributed by atoms with Crippen molar-refractivity contribution in [3.8, 4) is 5.75 Å². The molecule has 0 amide bonds. The Hall–Kier alpha value is -2.48. The number of nitrogens with zero attached hydrogens (tertiary/aromatic N) is 3. The summed E-state index contributed by atoms with van der Waals surface area (Å²) < 4.78 is 30.9. The molecule has 1 fully saturated rings. The Balaban J connectivity index is 1.75. The molecule has 0 spiro atoms. The lowest BCUT2D eigenvalue weighted by molar-refractivity contribution is -0.149. The topological polar surface area (TPSA) is 188 Å². The molecule has 2 aromatic rings. The van der Waals surface area contributed by atoms with E-state index in [0.29, 0.717) is 0 Å². The summed E-state index contributed by atoms with van der Waals surface area (Å²) in [6.45, 7) is 4.45. The molecule has 1 saturated heterocycles. The highest BCUT2D eigenvalue weighted by atomic mass is 32.2. The number of anilines is 1. The maximum atomic E-state index is 13.6. The van der Waals surface area contributed by atoms with Gasteiger partial charge in [-0.2, -0.15) is 10.1 Å². The van der Waals surface area contributed by atoms with Gasteiger partial charge < -0.3 is 25.2 Å². The SMILES string of the molecule is CC(C)OC(=O)[C@H](C)NP(=O)(OC[C@H]1S[C@@H](n2cnc(N)nc2=O)[C@@H](O)[C@H]1O)Oc1ccccc1. The van der Waals surface area contributed by atoms with E-state index in [2.05, 4.69) is 15.1 Å². The Morgan fingerprint density at radius 3 is 2.57 bits per heavy atom. The van der Waals surface area contributed by atoms with Crippen LogP contribution < -0.4 is 21.0 Å². The second-order valence-electron chi connectivity index (χ2n) is 7.98. The van der Waals surface area contributed by atoms with Gasteiger partial charge in [0.15, 0.2) is 0 Å². The highest BCUT2D eigenvalue weighted by molar-refractivity contribution is 8.00. The molecule has 1 aromatic carbocycles. The Bertz CT molecular complexity index is 1120. The quantitative estimate of drug-likeness (QED) is 0.249. The third-order valence-electron chi connectivity index (χ3n) is 4.79. The zero-order chi connectivity index (χ0) is 25.8. The number of carbonyl (C=O) groups excluding carboxylic acids is 1. The van der Waals surface area contributed by atoms with Gasteiger partial charge in [0.25, 0.3) is 0 Å². The van der Waals surface area contributed by atoms with Gasteiger partial charge in [-0.15, -0.1) is 11.8 Å². The van der Waals surface area contributed by atoms with E-state index in [4.69, 9.17) is 19.5 Å². The number of rotatable bonds is 10. The Labute approximate surface area is 205 Å². The minimum atomic E-state index is -4.17. The van der Waals surface area contributed by atoms with Crippen LogP contribution >= 0.6 is 19.5 Å². The van der Waals surface area contributed by atoms with Gasteiger partial charge in [-0.25, -0.2) is 14.3 Å². The first-order chi connectivity index (χ1) is 16.5. The van der Waals surface area contributed by atoms with Crippen LogP contribution in [0.3, 0.4) is 0 Å². The second-order valence-corrected chi connectivity index (χ2v) is 11.0. The second kappa shape index (κ2) is 11.5. The first-order valence-corrected chi connectivity index (χ1v) is 13.2. The van der Waals surface area contributed by atoms with Crippen LogP contribution in [0.2, 0.25) is 0 Å². The molecule has 3 rings (SSSR count). The summed E-state index contributed by atoms with van der Waals surface area (Å²) in [5, 5.41) is 21.8. The molecule has 192 valence electrons. The third-order valence-corrected chi connectivity index (χ3v) is 7.98. The fraction of sp³-hybridized carbons (Fsp3) is 0.500. The first-order valence-electron chi connectivity index (χ1n) is 10.7. The van der Waals surface area contributed by atoms with Gasteiger partial charge in [0.1, 0.15) is 29.6 Å². The van der Waals surface area contributed by atoms with E-state index < -0.39 is 48.3 Å². The number of thioether (sulfide) groups is 1. The lowest BCUT2D eigenvalue weighted by atomic mass is 10.1. The molecule has 35 heavy (non-hydrogen) atoms. The van der Waals surface area contributed by atoms with Crippen molar-refractivity contribution in [1.82, 2.24) is 19.6 Å². The van der Waals surface area contributed by atoms with E-state index in [1.165, 1.54) is 6.92 Å². The summed E-state index contributed by atoms with van der Waals surface area (Å²) in [6.07, 6.45) is -1.98. The van der Waals surface area contributed by atoms with Crippen LogP contribution in [-0.2, 0) is 18.6 Å². The van der Waals surface area contributed by atoms with Crippen molar-refractivity contribution in [2.45, 2.75) is 55.7 Å². The maximum Gasteiger partial charge on any atom is 0.459 e. The van der Waals surface area contributed by atoms with E-state index in [1.54, 1.807) is 44.2 Å². The number of nitrogen functional groups attached to an aromatic ring is 1. The van der Waals surface area contributed by atoms with Gasteiger partial charge in [0.05, 0.1) is 24.1 Å². The molecule has 13 nitrogen and oxygen atoms in total. The molecule has 1 aliphatic heterocycles. The molecular formula is C20H28N5O8PS. The van der Waals surface area contributed by atoms with Crippen molar-refractivity contribution in [2.24, 2.45) is 0 Å². The monoisotopic (exact) mass is 529 g/mol. The van der Waals surface area contributed by atoms with Crippen LogP contribution in [0.4, 0.5) is 5.95 Å². The number of hydrogen-bond donors (Lipinski definition) is 4. The van der Waals surface area contributed by atoms with Crippen LogP contribution in [0, 0.1) is 0 Å². The number of aliphatic hydroxyl groups excluding tert-OH is 2. The molecule has 5 N–H and O–H groups in total. The first kappa shape index (κ1) is 27.1. The van der Waals surface area contributed by atoms with Crippen LogP contribution in [0.5, 0.6) is 5.75 Å². The van der Waals surface area contributed by atoms with Gasteiger partial charge in [-0.05, 0) is 32.9 Å². The minimum absolute atomic E-state index is 0.218. The molecule has 15 heteroatoms. The zero-order valence-corrected chi connectivity index (χ0v) is 21.0. The molecular weight excluding hydrogens is 501 g/mol. The number of esters is 1. The molecule has 1 unspecified atom stereocenters. The zero-order valence-electron chi connectivity index (χ0n) is 19.3. The van der Waals surface area contributed by atoms with Crippen LogP contribution in [-0.4, -0.2) is 66.9 Å². The minimum Gasteiger partial charge on any atom is -0.462 e. The van der Waals surface area contributed by atoms with E-state index in [-0.39, 0.29) is 24.4 Å². The normalized spacial score (nSPS) is 24.6. The van der Waals surface area contributed by atoms with Crippen molar-refractivity contribution in [3.05, 3.63) is 47.1 Å². The number of para-hydroxylation sites is 1. The molecule has 6 atom stereocenters. The summed E-state index contributed by atoms with van der Waals surface area (Å²) in [4.78, 5) is 31.7. The predicted octanol–water partition coefficient (Wildman–Crippen LogP) is 0.690. The van der Waals surface area contributed by atoms with Crippen LogP contribution in [0.25, 0.3) is 0 Å². The fourth-order valence-electron chi connectivity index (χ4n) is 3.13. The molecule has 1 aliphatic rings. The van der Waals surface area contributed by atoms with Crippen LogP contribution in [0.1, 0.15) is 26.1 Å². The van der Waals surface area contributed by atoms with Crippen molar-refractivity contribution in [2.75, 3.05) is 12.3 Å². The Kier molecular flexibility index (Phi) is 8.91. The van der Waals surface area contributed by atoms with Gasteiger partial charge in [0.2, 0.25) is 5.95 Å². The van der Waals surface area contributed by atoms with Gasteiger partial charge in [-0.3, -0.25) is 13.9 Å². The highest BCUT2D eigenvalue weighted by Gasteiger charge is 2.45. The number of ether oxygens (including phenoxy) is 1. The summed E-state index contributed by atoms with van der Waals surface area (Å²) in [5.74, 6) is -0.663. The lowest BCUT2D eigenvalue weighted by Gasteiger charge is -2.25. The number of hydrogen-bond acceptors (Lipinski definition) is 12. The lowest BCUT2D eigenvalue weighted by Crippen LogP contribution is -2.38. The van der Waals surface area contributed by atoms with Crippen molar-refractivity contribution < 1.29 is 33.4 Å². The average Bonchev–Trinajstić information content (AvgIpc) is 3.06. The number of nitrogens with one attached hydrogen (secondary N) is 1. The van der Waals surface area contributed by atoms with Crippen molar-refractivity contribution in [1.29, 1.82) is 0 Å². The van der Waals surface area contributed by atoms with Crippen molar-refractivity contribution in [3.63, 3.8) is 0 Å². The smallest absolute Gasteiger partial charge is 0.459 e. The maximum absolute atomic E-state index is 13.6. The fourth-order valence-corrected chi connectivity index (χ4v) is 6.17. The number of nitrogens with two attached hydrogens (primary N) is 1. The van der Waals surface area contributed by atoms with E-state index in [1.807, 2.05) is 0 Å².